The van der Waals surface area contributed by atoms with Gasteiger partial charge in [0, 0.05) is 5.92 Å². The van der Waals surface area contributed by atoms with Crippen molar-refractivity contribution in [2.45, 2.75) is 24.3 Å². The molecule has 5 nitrogen and oxygen atoms in total. The number of carboxylic acids is 1. The monoisotopic (exact) mass is 417 g/mol. The maximum absolute atomic E-state index is 14.1. The maximum Gasteiger partial charge on any atom is 0.408 e. The van der Waals surface area contributed by atoms with E-state index in [1.807, 2.05) is 48.5 Å². The minimum Gasteiger partial charge on any atom is -0.479 e. The molecule has 2 N–H and O–H groups in total. The average Bonchev–Trinajstić information content (AvgIpc) is 3.30. The van der Waals surface area contributed by atoms with E-state index in [1.165, 1.54) is 12.1 Å². The topological polar surface area (TPSA) is 75.6 Å². The lowest BCUT2D eigenvalue weighted by Crippen LogP contribution is -2.50. The normalized spacial score (nSPS) is 18.7. The first-order chi connectivity index (χ1) is 15.0. The summed E-state index contributed by atoms with van der Waals surface area (Å²) in [5.41, 5.74) is 3.25. The molecule has 156 valence electrons. The summed E-state index contributed by atoms with van der Waals surface area (Å²) in [7, 11) is 0. The van der Waals surface area contributed by atoms with E-state index in [-0.39, 0.29) is 30.9 Å². The van der Waals surface area contributed by atoms with Gasteiger partial charge in [0.2, 0.25) is 0 Å². The third-order valence-electron chi connectivity index (χ3n) is 6.35. The number of fused-ring (bicyclic) bond motifs is 4. The van der Waals surface area contributed by atoms with Crippen molar-refractivity contribution >= 4 is 12.1 Å². The highest BCUT2D eigenvalue weighted by Crippen LogP contribution is 2.44. The molecule has 0 fully saturated rings. The number of ether oxygens (including phenoxy) is 1. The molecule has 31 heavy (non-hydrogen) atoms. The van der Waals surface area contributed by atoms with Crippen LogP contribution in [-0.2, 0) is 21.5 Å². The first kappa shape index (κ1) is 19.3. The summed E-state index contributed by atoms with van der Waals surface area (Å²) in [5.74, 6) is -1.83. The van der Waals surface area contributed by atoms with Crippen molar-refractivity contribution in [2.24, 2.45) is 0 Å². The Bertz CT molecular complexity index is 1160. The minimum atomic E-state index is -1.69. The maximum atomic E-state index is 14.1. The standard InChI is InChI=1S/C25H20FNO4/c26-22-11-5-10-21-19(22)12-13-25(21,23(28)29)27-24(30)31-14-20-17-8-3-1-6-15(17)16-7-2-4-9-18(16)20/h1-11,20H,12-14H2,(H,27,30)(H,28,29). The number of hydrogen-bond donors (Lipinski definition) is 2. The largest absolute Gasteiger partial charge is 0.479 e. The zero-order valence-electron chi connectivity index (χ0n) is 16.6. The predicted molar refractivity (Wildman–Crippen MR) is 112 cm³/mol. The van der Waals surface area contributed by atoms with Crippen molar-refractivity contribution in [2.75, 3.05) is 6.61 Å². The molecule has 0 spiro atoms. The number of amides is 1. The lowest BCUT2D eigenvalue weighted by Gasteiger charge is -2.27. The summed E-state index contributed by atoms with van der Waals surface area (Å²) in [4.78, 5) is 24.8. The van der Waals surface area contributed by atoms with Gasteiger partial charge in [0.25, 0.3) is 0 Å². The van der Waals surface area contributed by atoms with Gasteiger partial charge in [-0.05, 0) is 52.3 Å². The molecule has 0 heterocycles. The summed E-state index contributed by atoms with van der Waals surface area (Å²) in [6.07, 6.45) is -0.526. The first-order valence-electron chi connectivity index (χ1n) is 10.2. The molecule has 0 saturated heterocycles. The van der Waals surface area contributed by atoms with Gasteiger partial charge < -0.3 is 15.2 Å². The molecular formula is C25H20FNO4. The van der Waals surface area contributed by atoms with Crippen molar-refractivity contribution in [3.63, 3.8) is 0 Å². The molecule has 3 aromatic rings. The van der Waals surface area contributed by atoms with E-state index < -0.39 is 23.4 Å². The van der Waals surface area contributed by atoms with Gasteiger partial charge in [-0.3, -0.25) is 0 Å². The molecular weight excluding hydrogens is 397 g/mol. The van der Waals surface area contributed by atoms with Gasteiger partial charge in [0.15, 0.2) is 5.54 Å². The summed E-state index contributed by atoms with van der Waals surface area (Å²) in [6.45, 7) is 0.0750. The molecule has 0 aliphatic heterocycles. The minimum absolute atomic E-state index is 0.0722. The van der Waals surface area contributed by atoms with Crippen LogP contribution >= 0.6 is 0 Å². The van der Waals surface area contributed by atoms with Crippen molar-refractivity contribution in [1.29, 1.82) is 0 Å². The van der Waals surface area contributed by atoms with Crippen molar-refractivity contribution in [3.8, 4) is 11.1 Å². The number of benzene rings is 3. The SMILES string of the molecule is O=C(NC1(C(=O)O)CCc2c(F)cccc21)OCC1c2ccccc2-c2ccccc21. The van der Waals surface area contributed by atoms with Crippen LogP contribution in [0.1, 0.15) is 34.6 Å². The van der Waals surface area contributed by atoms with Gasteiger partial charge in [-0.1, -0.05) is 60.7 Å². The van der Waals surface area contributed by atoms with E-state index in [9.17, 15) is 19.1 Å². The van der Waals surface area contributed by atoms with E-state index in [2.05, 4.69) is 5.32 Å². The van der Waals surface area contributed by atoms with Crippen molar-refractivity contribution < 1.29 is 23.8 Å². The number of nitrogens with one attached hydrogen (secondary N) is 1. The van der Waals surface area contributed by atoms with Gasteiger partial charge in [-0.2, -0.15) is 0 Å². The summed E-state index contributed by atoms with van der Waals surface area (Å²) < 4.78 is 19.6. The van der Waals surface area contributed by atoms with Gasteiger partial charge >= 0.3 is 12.1 Å². The van der Waals surface area contributed by atoms with E-state index in [4.69, 9.17) is 4.74 Å². The van der Waals surface area contributed by atoms with Crippen LogP contribution in [0, 0.1) is 5.82 Å². The fourth-order valence-corrected chi connectivity index (χ4v) is 4.87. The Morgan fingerprint density at radius 3 is 2.29 bits per heavy atom. The molecule has 2 aliphatic carbocycles. The molecule has 6 heteroatoms. The number of aliphatic carboxylic acids is 1. The molecule has 2 aliphatic rings. The average molecular weight is 417 g/mol. The second-order valence-electron chi connectivity index (χ2n) is 7.93. The molecule has 3 aromatic carbocycles. The third kappa shape index (κ3) is 2.98. The van der Waals surface area contributed by atoms with Gasteiger partial charge in [0.05, 0.1) is 0 Å². The van der Waals surface area contributed by atoms with Crippen molar-refractivity contribution in [3.05, 3.63) is 94.8 Å². The quantitative estimate of drug-likeness (QED) is 0.651. The number of hydrogen-bond acceptors (Lipinski definition) is 3. The number of rotatable bonds is 4. The molecule has 1 amide bonds. The van der Waals surface area contributed by atoms with Crippen LogP contribution in [0.15, 0.2) is 66.7 Å². The lowest BCUT2D eigenvalue weighted by molar-refractivity contribution is -0.145. The third-order valence-corrected chi connectivity index (χ3v) is 6.35. The van der Waals surface area contributed by atoms with Crippen LogP contribution in [0.3, 0.4) is 0 Å². The van der Waals surface area contributed by atoms with E-state index >= 15 is 0 Å². The molecule has 0 aromatic heterocycles. The first-order valence-corrected chi connectivity index (χ1v) is 10.2. The number of carbonyl (C=O) groups excluding carboxylic acids is 1. The van der Waals surface area contributed by atoms with Crippen LogP contribution in [-0.4, -0.2) is 23.8 Å². The molecule has 1 atom stereocenters. The second-order valence-corrected chi connectivity index (χ2v) is 7.93. The molecule has 1 unspecified atom stereocenters. The van der Waals surface area contributed by atoms with E-state index in [0.717, 1.165) is 22.3 Å². The predicted octanol–water partition coefficient (Wildman–Crippen LogP) is 4.59. The van der Waals surface area contributed by atoms with Gasteiger partial charge in [-0.25, -0.2) is 14.0 Å². The lowest BCUT2D eigenvalue weighted by atomic mass is 9.92. The van der Waals surface area contributed by atoms with Crippen molar-refractivity contribution in [1.82, 2.24) is 5.32 Å². The Kier molecular flexibility index (Phi) is 4.50. The van der Waals surface area contributed by atoms with Crippen LogP contribution in [0.5, 0.6) is 0 Å². The molecule has 5 rings (SSSR count). The fraction of sp³-hybridized carbons (Fsp3) is 0.200. The van der Waals surface area contributed by atoms with E-state index in [0.29, 0.717) is 5.56 Å². The highest BCUT2D eigenvalue weighted by atomic mass is 19.1. The Morgan fingerprint density at radius 1 is 1.00 bits per heavy atom. The zero-order valence-corrected chi connectivity index (χ0v) is 16.6. The van der Waals surface area contributed by atoms with Gasteiger partial charge in [-0.15, -0.1) is 0 Å². The summed E-state index contributed by atoms with van der Waals surface area (Å²) >= 11 is 0. The van der Waals surface area contributed by atoms with Crippen LogP contribution in [0.4, 0.5) is 9.18 Å². The smallest absolute Gasteiger partial charge is 0.408 e. The molecule has 0 bridgehead atoms. The number of alkyl carbamates (subject to hydrolysis) is 1. The molecule has 0 saturated carbocycles. The Morgan fingerprint density at radius 2 is 1.65 bits per heavy atom. The van der Waals surface area contributed by atoms with Gasteiger partial charge in [0.1, 0.15) is 12.4 Å². The second kappa shape index (κ2) is 7.23. The highest BCUT2D eigenvalue weighted by molar-refractivity contribution is 5.87. The van der Waals surface area contributed by atoms with Crippen LogP contribution < -0.4 is 5.32 Å². The van der Waals surface area contributed by atoms with Crippen LogP contribution in [0.2, 0.25) is 0 Å². The summed E-state index contributed by atoms with van der Waals surface area (Å²) in [6, 6.07) is 20.2. The Hall–Kier alpha value is -3.67. The number of halogens is 1. The fourth-order valence-electron chi connectivity index (χ4n) is 4.87. The molecule has 0 radical (unpaired) electrons. The summed E-state index contributed by atoms with van der Waals surface area (Å²) in [5, 5.41) is 12.4. The Labute approximate surface area is 178 Å². The highest BCUT2D eigenvalue weighted by Gasteiger charge is 2.48. The van der Waals surface area contributed by atoms with Crippen LogP contribution in [0.25, 0.3) is 11.1 Å². The number of carboxylic acid groups (broad SMARTS) is 1. The van der Waals surface area contributed by atoms with E-state index in [1.54, 1.807) is 6.07 Å². The number of carbonyl (C=O) groups is 2. The zero-order chi connectivity index (χ0) is 21.6. The Balaban J connectivity index is 1.38.